The number of thioether (sulfide) groups is 1. The summed E-state index contributed by atoms with van der Waals surface area (Å²) < 4.78 is 12.8. The third-order valence-corrected chi connectivity index (χ3v) is 7.70. The molecule has 0 unspecified atom stereocenters. The third kappa shape index (κ3) is 6.14. The summed E-state index contributed by atoms with van der Waals surface area (Å²) in [5.41, 5.74) is 1.95. The molecule has 1 aliphatic heterocycles. The van der Waals surface area contributed by atoms with Crippen molar-refractivity contribution in [1.29, 1.82) is 0 Å². The summed E-state index contributed by atoms with van der Waals surface area (Å²) in [5.74, 6) is 0.779. The van der Waals surface area contributed by atoms with Crippen LogP contribution in [0.4, 0.5) is 11.4 Å². The van der Waals surface area contributed by atoms with Crippen molar-refractivity contribution in [3.05, 3.63) is 108 Å². The monoisotopic (exact) mass is 637 g/mol. The molecule has 1 fully saturated rings. The Bertz CT molecular complexity index is 1700. The van der Waals surface area contributed by atoms with Gasteiger partial charge in [0.25, 0.3) is 11.6 Å². The maximum atomic E-state index is 12.7. The normalized spacial score (nSPS) is 15.0. The van der Waals surface area contributed by atoms with E-state index in [0.29, 0.717) is 44.9 Å². The number of halogens is 2. The van der Waals surface area contributed by atoms with Gasteiger partial charge >= 0.3 is 0 Å². The van der Waals surface area contributed by atoms with Gasteiger partial charge in [-0.25, -0.2) is 4.99 Å². The lowest BCUT2D eigenvalue weighted by Gasteiger charge is -2.15. The Balaban J connectivity index is 1.38. The number of rotatable bonds is 8. The third-order valence-electron chi connectivity index (χ3n) is 5.90. The lowest BCUT2D eigenvalue weighted by Crippen LogP contribution is -2.19. The van der Waals surface area contributed by atoms with Crippen molar-refractivity contribution in [1.82, 2.24) is 5.32 Å². The van der Waals surface area contributed by atoms with Crippen molar-refractivity contribution in [3.8, 4) is 11.5 Å². The molecule has 4 aromatic carbocycles. The van der Waals surface area contributed by atoms with Crippen LogP contribution in [-0.4, -0.2) is 22.6 Å². The van der Waals surface area contributed by atoms with Crippen LogP contribution in [0.5, 0.6) is 11.5 Å². The van der Waals surface area contributed by atoms with E-state index in [-0.39, 0.29) is 16.6 Å². The number of hydrogen-bond donors (Lipinski definition) is 1. The molecular formula is C29H21BrClN3O5S. The predicted octanol–water partition coefficient (Wildman–Crippen LogP) is 8.03. The molecule has 11 heteroatoms. The van der Waals surface area contributed by atoms with Gasteiger partial charge in [-0.1, -0.05) is 54.1 Å². The molecule has 0 spiro atoms. The molecule has 5 rings (SSSR count). The molecule has 40 heavy (non-hydrogen) atoms. The summed E-state index contributed by atoms with van der Waals surface area (Å²) >= 11 is 10.9. The van der Waals surface area contributed by atoms with Gasteiger partial charge in [0.2, 0.25) is 0 Å². The number of carbonyl (C=O) groups excluding carboxylic acids is 1. The van der Waals surface area contributed by atoms with Gasteiger partial charge in [-0.15, -0.1) is 0 Å². The van der Waals surface area contributed by atoms with Crippen molar-refractivity contribution < 1.29 is 19.2 Å². The molecule has 0 radical (unpaired) electrons. The number of nitrogens with zero attached hydrogens (tertiary/aromatic N) is 2. The quantitative estimate of drug-likeness (QED) is 0.119. The second-order valence-electron chi connectivity index (χ2n) is 8.56. The van der Waals surface area contributed by atoms with Gasteiger partial charge < -0.3 is 14.8 Å². The van der Waals surface area contributed by atoms with Crippen molar-refractivity contribution in [3.63, 3.8) is 0 Å². The first-order valence-corrected chi connectivity index (χ1v) is 14.1. The first kappa shape index (κ1) is 27.7. The smallest absolute Gasteiger partial charge is 0.271 e. The molecule has 4 aromatic rings. The van der Waals surface area contributed by atoms with Crippen LogP contribution in [0.25, 0.3) is 16.8 Å². The Morgan fingerprint density at radius 2 is 1.90 bits per heavy atom. The SMILES string of the molecule is CCOc1cc(/C=C2/SC(=Nc3ccc([N+](=O)[O-])cc3Cl)NC2=O)cc(Br)c1OCc1cccc2ccccc12. The van der Waals surface area contributed by atoms with E-state index in [2.05, 4.69) is 44.4 Å². The highest BCUT2D eigenvalue weighted by atomic mass is 79.9. The first-order valence-electron chi connectivity index (χ1n) is 12.1. The topological polar surface area (TPSA) is 103 Å². The summed E-state index contributed by atoms with van der Waals surface area (Å²) in [4.78, 5) is 27.8. The Kier molecular flexibility index (Phi) is 8.39. The maximum Gasteiger partial charge on any atom is 0.271 e. The number of amides is 1. The zero-order valence-corrected chi connectivity index (χ0v) is 24.2. The average Bonchev–Trinajstić information content (AvgIpc) is 3.27. The molecule has 1 heterocycles. The number of aliphatic imine (C=N–C) groups is 1. The molecule has 1 amide bonds. The van der Waals surface area contributed by atoms with Gasteiger partial charge in [-0.05, 0) is 80.8 Å². The molecule has 0 atom stereocenters. The molecule has 202 valence electrons. The Hall–Kier alpha value is -3.86. The van der Waals surface area contributed by atoms with Gasteiger partial charge in [0.05, 0.1) is 31.6 Å². The number of carbonyl (C=O) groups is 1. The molecule has 0 saturated carbocycles. The van der Waals surface area contributed by atoms with Crippen LogP contribution in [0.1, 0.15) is 18.1 Å². The molecule has 0 aromatic heterocycles. The lowest BCUT2D eigenvalue weighted by molar-refractivity contribution is -0.384. The van der Waals surface area contributed by atoms with E-state index in [9.17, 15) is 14.9 Å². The maximum absolute atomic E-state index is 12.7. The van der Waals surface area contributed by atoms with Gasteiger partial charge in [-0.3, -0.25) is 14.9 Å². The van der Waals surface area contributed by atoms with Crippen molar-refractivity contribution in [2.75, 3.05) is 6.61 Å². The summed E-state index contributed by atoms with van der Waals surface area (Å²) in [6.45, 7) is 2.67. The van der Waals surface area contributed by atoms with Crippen LogP contribution in [0.15, 0.2) is 87.2 Å². The van der Waals surface area contributed by atoms with Crippen LogP contribution in [-0.2, 0) is 11.4 Å². The van der Waals surface area contributed by atoms with Crippen LogP contribution in [0, 0.1) is 10.1 Å². The zero-order chi connectivity index (χ0) is 28.2. The largest absolute Gasteiger partial charge is 0.490 e. The van der Waals surface area contributed by atoms with Crippen molar-refractivity contribution in [2.24, 2.45) is 4.99 Å². The van der Waals surface area contributed by atoms with Crippen molar-refractivity contribution >= 4 is 78.6 Å². The van der Waals surface area contributed by atoms with E-state index in [1.54, 1.807) is 6.08 Å². The minimum Gasteiger partial charge on any atom is -0.490 e. The van der Waals surface area contributed by atoms with Gasteiger partial charge in [0, 0.05) is 12.1 Å². The Morgan fingerprint density at radius 3 is 2.67 bits per heavy atom. The van der Waals surface area contributed by atoms with Crippen LogP contribution >= 0.6 is 39.3 Å². The second kappa shape index (κ2) is 12.1. The Morgan fingerprint density at radius 1 is 1.10 bits per heavy atom. The van der Waals surface area contributed by atoms with Crippen LogP contribution < -0.4 is 14.8 Å². The van der Waals surface area contributed by atoms with Gasteiger partial charge in [0.15, 0.2) is 16.7 Å². The first-order chi connectivity index (χ1) is 19.3. The molecule has 0 aliphatic carbocycles. The number of non-ortho nitro benzene ring substituents is 1. The lowest BCUT2D eigenvalue weighted by atomic mass is 10.1. The number of benzene rings is 4. The predicted molar refractivity (Wildman–Crippen MR) is 163 cm³/mol. The van der Waals surface area contributed by atoms with E-state index < -0.39 is 4.92 Å². The summed E-state index contributed by atoms with van der Waals surface area (Å²) in [5, 5.41) is 16.3. The second-order valence-corrected chi connectivity index (χ2v) is 10.9. The minimum absolute atomic E-state index is 0.110. The number of fused-ring (bicyclic) bond motifs is 1. The van der Waals surface area contributed by atoms with E-state index in [1.807, 2.05) is 43.3 Å². The highest BCUT2D eigenvalue weighted by molar-refractivity contribution is 9.10. The van der Waals surface area contributed by atoms with Crippen LogP contribution in [0.3, 0.4) is 0 Å². The fourth-order valence-electron chi connectivity index (χ4n) is 4.08. The minimum atomic E-state index is -0.537. The highest BCUT2D eigenvalue weighted by Crippen LogP contribution is 2.39. The number of nitro groups is 1. The summed E-state index contributed by atoms with van der Waals surface area (Å²) in [7, 11) is 0. The van der Waals surface area contributed by atoms with Gasteiger partial charge in [0.1, 0.15) is 6.61 Å². The van der Waals surface area contributed by atoms with Crippen molar-refractivity contribution in [2.45, 2.75) is 13.5 Å². The molecule has 1 N–H and O–H groups in total. The van der Waals surface area contributed by atoms with Gasteiger partial charge in [-0.2, -0.15) is 0 Å². The molecule has 0 bridgehead atoms. The number of amidine groups is 1. The molecule has 1 aliphatic rings. The fraction of sp³-hybridized carbons (Fsp3) is 0.103. The summed E-state index contributed by atoms with van der Waals surface area (Å²) in [6, 6.07) is 21.9. The molecule has 1 saturated heterocycles. The Labute approximate surface area is 247 Å². The zero-order valence-electron chi connectivity index (χ0n) is 21.0. The number of hydrogen-bond acceptors (Lipinski definition) is 7. The number of ether oxygens (including phenoxy) is 2. The van der Waals surface area contributed by atoms with E-state index in [0.717, 1.165) is 33.7 Å². The number of nitrogens with one attached hydrogen (secondary N) is 1. The summed E-state index contributed by atoms with van der Waals surface area (Å²) in [6.07, 6.45) is 1.72. The van der Waals surface area contributed by atoms with Crippen LogP contribution in [0.2, 0.25) is 5.02 Å². The molecule has 8 nitrogen and oxygen atoms in total. The highest BCUT2D eigenvalue weighted by Gasteiger charge is 2.25. The fourth-order valence-corrected chi connectivity index (χ4v) is 5.71. The number of nitro benzene ring substituents is 1. The van der Waals surface area contributed by atoms with E-state index in [4.69, 9.17) is 21.1 Å². The average molecular weight is 639 g/mol. The van der Waals surface area contributed by atoms with E-state index >= 15 is 0 Å². The van der Waals surface area contributed by atoms with E-state index in [1.165, 1.54) is 18.2 Å². The molecular weight excluding hydrogens is 618 g/mol. The standard InChI is InChI=1S/C29H21BrClN3O5S/c1-2-38-25-13-17(12-22(30)27(25)39-16-19-8-5-7-18-6-3-4-9-21(18)19)14-26-28(35)33-29(40-26)32-24-11-10-20(34(36)37)15-23(24)31/h3-15H,2,16H2,1H3,(H,32,33,35)/b26-14+.